The van der Waals surface area contributed by atoms with E-state index < -0.39 is 6.09 Å². The van der Waals surface area contributed by atoms with Gasteiger partial charge in [-0.25, -0.2) is 4.79 Å². The number of alkyl carbamates (subject to hydrolysis) is 1. The number of ether oxygens (including phenoxy) is 1. The lowest BCUT2D eigenvalue weighted by atomic mass is 9.94. The molecule has 0 unspecified atom stereocenters. The van der Waals surface area contributed by atoms with E-state index in [2.05, 4.69) is 5.32 Å². The van der Waals surface area contributed by atoms with Crippen molar-refractivity contribution in [2.24, 2.45) is 0 Å². The first-order valence-corrected chi connectivity index (χ1v) is 7.34. The second-order valence-corrected chi connectivity index (χ2v) is 5.53. The molecule has 1 aromatic carbocycles. The van der Waals surface area contributed by atoms with Crippen molar-refractivity contribution >= 4 is 17.7 Å². The second-order valence-electron chi connectivity index (χ2n) is 5.09. The first-order valence-electron chi connectivity index (χ1n) is 6.96. The molecular formula is C16H16ClNO3. The van der Waals surface area contributed by atoms with Crippen molar-refractivity contribution in [1.29, 1.82) is 0 Å². The van der Waals surface area contributed by atoms with Crippen LogP contribution < -0.4 is 5.32 Å². The van der Waals surface area contributed by atoms with E-state index in [0.717, 1.165) is 36.1 Å². The van der Waals surface area contributed by atoms with E-state index >= 15 is 0 Å². The van der Waals surface area contributed by atoms with Crippen molar-refractivity contribution in [2.45, 2.75) is 31.9 Å². The summed E-state index contributed by atoms with van der Waals surface area (Å²) in [6.07, 6.45) is 4.10. The highest BCUT2D eigenvalue weighted by atomic mass is 35.5. The molecule has 0 aliphatic heterocycles. The number of amides is 1. The van der Waals surface area contributed by atoms with Crippen LogP contribution in [0.2, 0.25) is 5.02 Å². The standard InChI is InChI=1S/C16H16ClNO3/c17-12-6-4-11(5-7-12)10-21-16(19)18-14-2-1-3-15-13(14)8-9-20-15/h4-9,14H,1-3,10H2,(H,18,19)/t14-/m0/s1. The first-order chi connectivity index (χ1) is 10.2. The van der Waals surface area contributed by atoms with Gasteiger partial charge < -0.3 is 14.5 Å². The molecule has 0 spiro atoms. The second kappa shape index (κ2) is 6.22. The Morgan fingerprint density at radius 3 is 2.95 bits per heavy atom. The molecule has 1 atom stereocenters. The minimum atomic E-state index is -0.413. The molecule has 1 aliphatic carbocycles. The molecule has 1 aliphatic rings. The van der Waals surface area contributed by atoms with Crippen molar-refractivity contribution in [2.75, 3.05) is 0 Å². The lowest BCUT2D eigenvalue weighted by Crippen LogP contribution is -2.30. The number of fused-ring (bicyclic) bond motifs is 1. The number of rotatable bonds is 3. The fourth-order valence-electron chi connectivity index (χ4n) is 2.55. The van der Waals surface area contributed by atoms with Gasteiger partial charge >= 0.3 is 6.09 Å². The Morgan fingerprint density at radius 1 is 1.33 bits per heavy atom. The van der Waals surface area contributed by atoms with Crippen LogP contribution in [0.5, 0.6) is 0 Å². The van der Waals surface area contributed by atoms with E-state index in [4.69, 9.17) is 20.8 Å². The number of halogens is 1. The van der Waals surface area contributed by atoms with Gasteiger partial charge in [0.2, 0.25) is 0 Å². The molecule has 1 amide bonds. The maximum absolute atomic E-state index is 11.9. The number of furan rings is 1. The highest BCUT2D eigenvalue weighted by Gasteiger charge is 2.24. The molecule has 1 heterocycles. The number of carbonyl (C=O) groups is 1. The molecule has 3 rings (SSSR count). The zero-order valence-corrected chi connectivity index (χ0v) is 12.2. The van der Waals surface area contributed by atoms with Crippen molar-refractivity contribution in [3.05, 3.63) is 58.5 Å². The minimum Gasteiger partial charge on any atom is -0.469 e. The summed E-state index contributed by atoms with van der Waals surface area (Å²) in [4.78, 5) is 11.9. The largest absolute Gasteiger partial charge is 0.469 e. The van der Waals surface area contributed by atoms with Crippen LogP contribution in [0.15, 0.2) is 41.0 Å². The minimum absolute atomic E-state index is 0.0229. The Morgan fingerprint density at radius 2 is 2.14 bits per heavy atom. The third-order valence-electron chi connectivity index (χ3n) is 3.63. The van der Waals surface area contributed by atoms with Crippen LogP contribution in [0.3, 0.4) is 0 Å². The smallest absolute Gasteiger partial charge is 0.407 e. The zero-order valence-electron chi connectivity index (χ0n) is 11.5. The van der Waals surface area contributed by atoms with E-state index in [1.807, 2.05) is 18.2 Å². The van der Waals surface area contributed by atoms with Crippen molar-refractivity contribution in [1.82, 2.24) is 5.32 Å². The maximum atomic E-state index is 11.9. The van der Waals surface area contributed by atoms with Crippen LogP contribution >= 0.6 is 11.6 Å². The number of benzene rings is 1. The van der Waals surface area contributed by atoms with Gasteiger partial charge in [0.25, 0.3) is 0 Å². The third-order valence-corrected chi connectivity index (χ3v) is 3.88. The Kier molecular flexibility index (Phi) is 4.15. The fraction of sp³-hybridized carbons (Fsp3) is 0.312. The van der Waals surface area contributed by atoms with E-state index in [1.165, 1.54) is 0 Å². The topological polar surface area (TPSA) is 51.5 Å². The molecular weight excluding hydrogens is 290 g/mol. The highest BCUT2D eigenvalue weighted by Crippen LogP contribution is 2.30. The van der Waals surface area contributed by atoms with Gasteiger partial charge in [-0.2, -0.15) is 0 Å². The Balaban J connectivity index is 1.54. The van der Waals surface area contributed by atoms with Crippen LogP contribution in [0.1, 0.15) is 35.8 Å². The normalized spacial score (nSPS) is 17.1. The molecule has 5 heteroatoms. The van der Waals surface area contributed by atoms with Crippen molar-refractivity contribution < 1.29 is 13.9 Å². The van der Waals surface area contributed by atoms with E-state index in [9.17, 15) is 4.79 Å². The molecule has 2 aromatic rings. The zero-order chi connectivity index (χ0) is 14.7. The molecule has 110 valence electrons. The molecule has 21 heavy (non-hydrogen) atoms. The molecule has 0 saturated carbocycles. The summed E-state index contributed by atoms with van der Waals surface area (Å²) < 4.78 is 10.6. The van der Waals surface area contributed by atoms with Gasteiger partial charge in [-0.1, -0.05) is 23.7 Å². The van der Waals surface area contributed by atoms with Gasteiger partial charge in [0.1, 0.15) is 12.4 Å². The van der Waals surface area contributed by atoms with Gasteiger partial charge in [0.05, 0.1) is 12.3 Å². The predicted octanol–water partition coefficient (Wildman–Crippen LogP) is 4.24. The van der Waals surface area contributed by atoms with Crippen molar-refractivity contribution in [3.8, 4) is 0 Å². The number of hydrogen-bond acceptors (Lipinski definition) is 3. The molecule has 1 N–H and O–H groups in total. The van der Waals surface area contributed by atoms with Gasteiger partial charge in [0, 0.05) is 17.0 Å². The monoisotopic (exact) mass is 305 g/mol. The molecule has 4 nitrogen and oxygen atoms in total. The number of carbonyl (C=O) groups excluding carboxylic acids is 1. The first kappa shape index (κ1) is 14.0. The van der Waals surface area contributed by atoms with Gasteiger partial charge in [-0.3, -0.25) is 0 Å². The summed E-state index contributed by atoms with van der Waals surface area (Å²) >= 11 is 5.81. The number of aryl methyl sites for hydroxylation is 1. The fourth-order valence-corrected chi connectivity index (χ4v) is 2.68. The summed E-state index contributed by atoms with van der Waals surface area (Å²) in [7, 11) is 0. The lowest BCUT2D eigenvalue weighted by Gasteiger charge is -2.22. The maximum Gasteiger partial charge on any atom is 0.407 e. The highest BCUT2D eigenvalue weighted by molar-refractivity contribution is 6.30. The molecule has 0 saturated heterocycles. The third kappa shape index (κ3) is 3.39. The molecule has 0 bridgehead atoms. The number of hydrogen-bond donors (Lipinski definition) is 1. The van der Waals surface area contributed by atoms with Crippen LogP contribution in [0, 0.1) is 0 Å². The van der Waals surface area contributed by atoms with Gasteiger partial charge in [-0.15, -0.1) is 0 Å². The summed E-state index contributed by atoms with van der Waals surface area (Å²) in [5.41, 5.74) is 1.96. The van der Waals surface area contributed by atoms with E-state index in [-0.39, 0.29) is 12.6 Å². The SMILES string of the molecule is O=C(N[C@H]1CCCc2occc21)OCc1ccc(Cl)cc1. The summed E-state index contributed by atoms with van der Waals surface area (Å²) in [5, 5.41) is 3.56. The Hall–Kier alpha value is -1.94. The number of nitrogens with one attached hydrogen (secondary N) is 1. The summed E-state index contributed by atoms with van der Waals surface area (Å²) in [6, 6.07) is 9.12. The Bertz CT molecular complexity index is 621. The Labute approximate surface area is 128 Å². The van der Waals surface area contributed by atoms with Crippen molar-refractivity contribution in [3.63, 3.8) is 0 Å². The summed E-state index contributed by atoms with van der Waals surface area (Å²) in [6.45, 7) is 0.230. The average molecular weight is 306 g/mol. The van der Waals surface area contributed by atoms with Gasteiger partial charge in [0.15, 0.2) is 0 Å². The molecule has 0 fully saturated rings. The average Bonchev–Trinajstić information content (AvgIpc) is 2.96. The van der Waals surface area contributed by atoms with Crippen LogP contribution in [-0.2, 0) is 17.8 Å². The van der Waals surface area contributed by atoms with Gasteiger partial charge in [-0.05, 0) is 36.6 Å². The quantitative estimate of drug-likeness (QED) is 0.923. The summed E-state index contributed by atoms with van der Waals surface area (Å²) in [5.74, 6) is 0.962. The van der Waals surface area contributed by atoms with Crippen LogP contribution in [0.25, 0.3) is 0 Å². The lowest BCUT2D eigenvalue weighted by molar-refractivity contribution is 0.134. The van der Waals surface area contributed by atoms with E-state index in [1.54, 1.807) is 18.4 Å². The predicted molar refractivity (Wildman–Crippen MR) is 79.2 cm³/mol. The van der Waals surface area contributed by atoms with Crippen LogP contribution in [-0.4, -0.2) is 6.09 Å². The van der Waals surface area contributed by atoms with Crippen LogP contribution in [0.4, 0.5) is 4.79 Å². The van der Waals surface area contributed by atoms with E-state index in [0.29, 0.717) is 5.02 Å². The molecule has 0 radical (unpaired) electrons. The molecule has 1 aromatic heterocycles.